The Balaban J connectivity index is 2.27. The Bertz CT molecular complexity index is 355. The fourth-order valence-corrected chi connectivity index (χ4v) is 2.41. The van der Waals surface area contributed by atoms with Gasteiger partial charge in [-0.25, -0.2) is 9.78 Å². The maximum Gasteiger partial charge on any atom is 0.335 e. The summed E-state index contributed by atoms with van der Waals surface area (Å²) in [6.45, 7) is 2.20. The Morgan fingerprint density at radius 1 is 1.35 bits per heavy atom. The Morgan fingerprint density at radius 3 is 2.82 bits per heavy atom. The Hall–Kier alpha value is -1.03. The molecule has 0 saturated heterocycles. The van der Waals surface area contributed by atoms with Gasteiger partial charge in [0.25, 0.3) is 0 Å². The standard InChI is InChI=1S/C13H19NO2S/c1-2-3-4-5-6-9-17-12-10-11(13(15)16)7-8-14-12/h7-8,10H,2-6,9H2,1H3,(H,15,16). The second-order valence-electron chi connectivity index (χ2n) is 3.95. The first kappa shape index (κ1) is 14.0. The highest BCUT2D eigenvalue weighted by Crippen LogP contribution is 2.18. The molecule has 0 aliphatic heterocycles. The molecular weight excluding hydrogens is 234 g/mol. The number of carboxylic acid groups (broad SMARTS) is 1. The Kier molecular flexibility index (Phi) is 6.70. The summed E-state index contributed by atoms with van der Waals surface area (Å²) in [4.78, 5) is 14.9. The van der Waals surface area contributed by atoms with E-state index in [2.05, 4.69) is 11.9 Å². The van der Waals surface area contributed by atoms with E-state index in [1.54, 1.807) is 24.0 Å². The molecule has 0 radical (unpaired) electrons. The van der Waals surface area contributed by atoms with Gasteiger partial charge in [-0.1, -0.05) is 32.6 Å². The molecule has 94 valence electrons. The summed E-state index contributed by atoms with van der Waals surface area (Å²) in [7, 11) is 0. The molecular formula is C13H19NO2S. The lowest BCUT2D eigenvalue weighted by molar-refractivity contribution is 0.0696. The molecule has 0 unspecified atom stereocenters. The first-order chi connectivity index (χ1) is 8.24. The van der Waals surface area contributed by atoms with E-state index in [0.717, 1.165) is 10.8 Å². The highest BCUT2D eigenvalue weighted by atomic mass is 32.2. The van der Waals surface area contributed by atoms with Gasteiger partial charge in [0.2, 0.25) is 0 Å². The monoisotopic (exact) mass is 253 g/mol. The summed E-state index contributed by atoms with van der Waals surface area (Å²) in [5.74, 6) is 0.122. The third-order valence-corrected chi connectivity index (χ3v) is 3.49. The van der Waals surface area contributed by atoms with Gasteiger partial charge in [-0.3, -0.25) is 0 Å². The van der Waals surface area contributed by atoms with Gasteiger partial charge in [0, 0.05) is 6.20 Å². The van der Waals surface area contributed by atoms with Crippen molar-refractivity contribution in [2.24, 2.45) is 0 Å². The van der Waals surface area contributed by atoms with Crippen molar-refractivity contribution < 1.29 is 9.90 Å². The molecule has 1 aromatic rings. The summed E-state index contributed by atoms with van der Waals surface area (Å²) in [5, 5.41) is 9.65. The van der Waals surface area contributed by atoms with Gasteiger partial charge in [-0.05, 0) is 24.3 Å². The van der Waals surface area contributed by atoms with Crippen molar-refractivity contribution in [3.63, 3.8) is 0 Å². The van der Waals surface area contributed by atoms with E-state index >= 15 is 0 Å². The average molecular weight is 253 g/mol. The van der Waals surface area contributed by atoms with Gasteiger partial charge >= 0.3 is 5.97 Å². The van der Waals surface area contributed by atoms with Crippen LogP contribution in [0.5, 0.6) is 0 Å². The minimum atomic E-state index is -0.891. The minimum Gasteiger partial charge on any atom is -0.478 e. The van der Waals surface area contributed by atoms with E-state index in [4.69, 9.17) is 5.11 Å². The largest absolute Gasteiger partial charge is 0.478 e. The van der Waals surface area contributed by atoms with Crippen molar-refractivity contribution in [3.05, 3.63) is 23.9 Å². The number of unbranched alkanes of at least 4 members (excludes halogenated alkanes) is 4. The van der Waals surface area contributed by atoms with Crippen LogP contribution in [0.15, 0.2) is 23.4 Å². The molecule has 0 amide bonds. The van der Waals surface area contributed by atoms with E-state index < -0.39 is 5.97 Å². The molecule has 1 aromatic heterocycles. The van der Waals surface area contributed by atoms with E-state index in [0.29, 0.717) is 5.56 Å². The molecule has 0 fully saturated rings. The van der Waals surface area contributed by atoms with Crippen molar-refractivity contribution in [1.29, 1.82) is 0 Å². The summed E-state index contributed by atoms with van der Waals surface area (Å²) in [5.41, 5.74) is 0.313. The Labute approximate surface area is 107 Å². The van der Waals surface area contributed by atoms with Gasteiger partial charge < -0.3 is 5.11 Å². The molecule has 0 spiro atoms. The summed E-state index contributed by atoms with van der Waals surface area (Å²) in [6.07, 6.45) is 7.83. The average Bonchev–Trinajstić information content (AvgIpc) is 2.34. The van der Waals surface area contributed by atoms with E-state index in [1.807, 2.05) is 0 Å². The van der Waals surface area contributed by atoms with E-state index in [-0.39, 0.29) is 0 Å². The minimum absolute atomic E-state index is 0.313. The van der Waals surface area contributed by atoms with Crippen LogP contribution in [-0.2, 0) is 0 Å². The van der Waals surface area contributed by atoms with Gasteiger partial charge in [0.15, 0.2) is 0 Å². The lowest BCUT2D eigenvalue weighted by Gasteiger charge is -2.02. The zero-order valence-electron chi connectivity index (χ0n) is 10.2. The van der Waals surface area contributed by atoms with Crippen LogP contribution in [0.25, 0.3) is 0 Å². The fraction of sp³-hybridized carbons (Fsp3) is 0.538. The van der Waals surface area contributed by atoms with Gasteiger partial charge in [-0.2, -0.15) is 0 Å². The number of carbonyl (C=O) groups is 1. The van der Waals surface area contributed by atoms with Crippen LogP contribution in [-0.4, -0.2) is 21.8 Å². The van der Waals surface area contributed by atoms with Crippen LogP contribution in [0.2, 0.25) is 0 Å². The second-order valence-corrected chi connectivity index (χ2v) is 5.07. The lowest BCUT2D eigenvalue weighted by atomic mass is 10.2. The first-order valence-corrected chi connectivity index (χ1v) is 7.04. The number of rotatable bonds is 8. The third kappa shape index (κ3) is 5.73. The van der Waals surface area contributed by atoms with Crippen molar-refractivity contribution in [2.45, 2.75) is 44.1 Å². The summed E-state index contributed by atoms with van der Waals surface area (Å²) in [6, 6.07) is 3.16. The molecule has 0 aliphatic rings. The highest BCUT2D eigenvalue weighted by molar-refractivity contribution is 7.99. The SMILES string of the molecule is CCCCCCCSc1cc(C(=O)O)ccn1. The predicted molar refractivity (Wildman–Crippen MR) is 70.7 cm³/mol. The predicted octanol–water partition coefficient (Wildman–Crippen LogP) is 3.84. The lowest BCUT2D eigenvalue weighted by Crippen LogP contribution is -1.96. The number of hydrogen-bond acceptors (Lipinski definition) is 3. The molecule has 0 bridgehead atoms. The third-order valence-electron chi connectivity index (χ3n) is 2.48. The van der Waals surface area contributed by atoms with Crippen molar-refractivity contribution in [1.82, 2.24) is 4.98 Å². The molecule has 4 heteroatoms. The molecule has 1 heterocycles. The fourth-order valence-electron chi connectivity index (χ4n) is 1.50. The molecule has 0 aromatic carbocycles. The molecule has 0 aliphatic carbocycles. The van der Waals surface area contributed by atoms with Crippen molar-refractivity contribution in [3.8, 4) is 0 Å². The Morgan fingerprint density at radius 2 is 2.12 bits per heavy atom. The number of aromatic nitrogens is 1. The van der Waals surface area contributed by atoms with Crippen LogP contribution in [0.1, 0.15) is 49.4 Å². The first-order valence-electron chi connectivity index (χ1n) is 6.06. The zero-order chi connectivity index (χ0) is 12.5. The number of pyridine rings is 1. The van der Waals surface area contributed by atoms with Crippen molar-refractivity contribution >= 4 is 17.7 Å². The zero-order valence-corrected chi connectivity index (χ0v) is 11.0. The summed E-state index contributed by atoms with van der Waals surface area (Å²) >= 11 is 1.64. The number of hydrogen-bond donors (Lipinski definition) is 1. The van der Waals surface area contributed by atoms with Crippen LogP contribution in [0, 0.1) is 0 Å². The molecule has 1 rings (SSSR count). The van der Waals surface area contributed by atoms with Crippen LogP contribution in [0.4, 0.5) is 0 Å². The normalized spacial score (nSPS) is 10.4. The smallest absolute Gasteiger partial charge is 0.335 e. The number of carboxylic acids is 1. The number of nitrogens with zero attached hydrogens (tertiary/aromatic N) is 1. The summed E-state index contributed by atoms with van der Waals surface area (Å²) < 4.78 is 0. The molecule has 0 atom stereocenters. The van der Waals surface area contributed by atoms with Gasteiger partial charge in [-0.15, -0.1) is 11.8 Å². The van der Waals surface area contributed by atoms with Crippen LogP contribution >= 0.6 is 11.8 Å². The highest BCUT2D eigenvalue weighted by Gasteiger charge is 2.04. The second kappa shape index (κ2) is 8.12. The number of thioether (sulfide) groups is 1. The number of aromatic carboxylic acids is 1. The van der Waals surface area contributed by atoms with Crippen LogP contribution in [0.3, 0.4) is 0 Å². The van der Waals surface area contributed by atoms with Gasteiger partial charge in [0.05, 0.1) is 10.6 Å². The molecule has 0 saturated carbocycles. The van der Waals surface area contributed by atoms with Gasteiger partial charge in [0.1, 0.15) is 0 Å². The quantitative estimate of drug-likeness (QED) is 0.565. The maximum atomic E-state index is 10.8. The maximum absolute atomic E-state index is 10.8. The van der Waals surface area contributed by atoms with Crippen molar-refractivity contribution in [2.75, 3.05) is 5.75 Å². The van der Waals surface area contributed by atoms with Crippen LogP contribution < -0.4 is 0 Å². The molecule has 17 heavy (non-hydrogen) atoms. The molecule has 3 nitrogen and oxygen atoms in total. The topological polar surface area (TPSA) is 50.2 Å². The molecule has 1 N–H and O–H groups in total. The van der Waals surface area contributed by atoms with E-state index in [9.17, 15) is 4.79 Å². The van der Waals surface area contributed by atoms with E-state index in [1.165, 1.54) is 38.2 Å².